The molecule has 0 spiro atoms. The van der Waals surface area contributed by atoms with E-state index in [1.54, 1.807) is 18.3 Å². The van der Waals surface area contributed by atoms with Crippen LogP contribution in [0.4, 0.5) is 0 Å². The van der Waals surface area contributed by atoms with Crippen molar-refractivity contribution in [3.8, 4) is 0 Å². The third kappa shape index (κ3) is 3.70. The van der Waals surface area contributed by atoms with Crippen LogP contribution >= 0.6 is 0 Å². The minimum Gasteiger partial charge on any atom is -0.462 e. The van der Waals surface area contributed by atoms with E-state index in [4.69, 9.17) is 4.74 Å². The fourth-order valence-electron chi connectivity index (χ4n) is 1.62. The number of aryl methyl sites for hydroxylation is 1. The molecule has 3 nitrogen and oxygen atoms in total. The van der Waals surface area contributed by atoms with E-state index in [1.807, 2.05) is 36.4 Å². The van der Waals surface area contributed by atoms with E-state index >= 15 is 0 Å². The molecular weight excluding hydrogens is 226 g/mol. The van der Waals surface area contributed by atoms with Crippen LogP contribution in [0.5, 0.6) is 0 Å². The van der Waals surface area contributed by atoms with Crippen molar-refractivity contribution in [3.05, 3.63) is 66.0 Å². The molecule has 0 fully saturated rings. The van der Waals surface area contributed by atoms with Crippen molar-refractivity contribution < 1.29 is 9.53 Å². The summed E-state index contributed by atoms with van der Waals surface area (Å²) in [4.78, 5) is 15.8. The summed E-state index contributed by atoms with van der Waals surface area (Å²) in [6, 6.07) is 14.8. The van der Waals surface area contributed by atoms with Gasteiger partial charge in [0.05, 0.1) is 12.2 Å². The molecule has 3 heteroatoms. The van der Waals surface area contributed by atoms with Crippen LogP contribution in [0.25, 0.3) is 0 Å². The number of rotatable bonds is 5. The van der Waals surface area contributed by atoms with Gasteiger partial charge in [0.15, 0.2) is 0 Å². The summed E-state index contributed by atoms with van der Waals surface area (Å²) in [5, 5.41) is 0. The first kappa shape index (κ1) is 12.3. The molecule has 0 radical (unpaired) electrons. The molecule has 2 rings (SSSR count). The van der Waals surface area contributed by atoms with Gasteiger partial charge >= 0.3 is 5.97 Å². The second-order valence-electron chi connectivity index (χ2n) is 3.93. The van der Waals surface area contributed by atoms with Crippen molar-refractivity contribution in [2.75, 3.05) is 6.61 Å². The Morgan fingerprint density at radius 3 is 2.56 bits per heavy atom. The Bertz CT molecular complexity index is 482. The van der Waals surface area contributed by atoms with Crippen molar-refractivity contribution in [1.82, 2.24) is 4.98 Å². The van der Waals surface area contributed by atoms with Gasteiger partial charge in [-0.3, -0.25) is 4.98 Å². The molecule has 0 atom stereocenters. The standard InChI is InChI=1S/C15H15NO2/c17-15(13-7-2-1-3-8-13)18-12-6-10-14-9-4-5-11-16-14/h1-5,7-9,11H,6,10,12H2. The molecule has 0 bridgehead atoms. The summed E-state index contributed by atoms with van der Waals surface area (Å²) >= 11 is 0. The maximum atomic E-state index is 11.6. The summed E-state index contributed by atoms with van der Waals surface area (Å²) < 4.78 is 5.18. The topological polar surface area (TPSA) is 39.2 Å². The van der Waals surface area contributed by atoms with E-state index in [0.717, 1.165) is 18.5 Å². The lowest BCUT2D eigenvalue weighted by atomic mass is 10.2. The van der Waals surface area contributed by atoms with Gasteiger partial charge in [0.1, 0.15) is 0 Å². The maximum absolute atomic E-state index is 11.6. The monoisotopic (exact) mass is 241 g/mol. The van der Waals surface area contributed by atoms with Crippen LogP contribution in [0.1, 0.15) is 22.5 Å². The average molecular weight is 241 g/mol. The lowest BCUT2D eigenvalue weighted by Crippen LogP contribution is -2.07. The molecular formula is C15H15NO2. The van der Waals surface area contributed by atoms with Crippen LogP contribution in [-0.4, -0.2) is 17.6 Å². The van der Waals surface area contributed by atoms with Crippen molar-refractivity contribution in [2.24, 2.45) is 0 Å². The van der Waals surface area contributed by atoms with Crippen LogP contribution in [-0.2, 0) is 11.2 Å². The highest BCUT2D eigenvalue weighted by Gasteiger charge is 2.05. The Hall–Kier alpha value is -2.16. The Morgan fingerprint density at radius 1 is 1.06 bits per heavy atom. The van der Waals surface area contributed by atoms with E-state index in [2.05, 4.69) is 4.98 Å². The van der Waals surface area contributed by atoms with E-state index in [0.29, 0.717) is 12.2 Å². The zero-order chi connectivity index (χ0) is 12.6. The van der Waals surface area contributed by atoms with Crippen LogP contribution in [0.3, 0.4) is 0 Å². The molecule has 0 unspecified atom stereocenters. The molecule has 0 saturated heterocycles. The average Bonchev–Trinajstić information content (AvgIpc) is 2.45. The molecule has 1 aromatic carbocycles. The van der Waals surface area contributed by atoms with Crippen molar-refractivity contribution in [2.45, 2.75) is 12.8 Å². The molecule has 2 aromatic rings. The molecule has 18 heavy (non-hydrogen) atoms. The normalized spacial score (nSPS) is 10.0. The van der Waals surface area contributed by atoms with Gasteiger partial charge in [-0.25, -0.2) is 4.79 Å². The minimum absolute atomic E-state index is 0.267. The number of carbonyl (C=O) groups is 1. The quantitative estimate of drug-likeness (QED) is 0.597. The van der Waals surface area contributed by atoms with E-state index in [9.17, 15) is 4.79 Å². The molecule has 0 saturated carbocycles. The first-order valence-corrected chi connectivity index (χ1v) is 5.98. The molecule has 0 amide bonds. The highest BCUT2D eigenvalue weighted by molar-refractivity contribution is 5.89. The highest BCUT2D eigenvalue weighted by atomic mass is 16.5. The largest absolute Gasteiger partial charge is 0.462 e. The zero-order valence-corrected chi connectivity index (χ0v) is 10.1. The number of nitrogens with zero attached hydrogens (tertiary/aromatic N) is 1. The smallest absolute Gasteiger partial charge is 0.338 e. The lowest BCUT2D eigenvalue weighted by molar-refractivity contribution is 0.0500. The van der Waals surface area contributed by atoms with Gasteiger partial charge in [-0.2, -0.15) is 0 Å². The number of esters is 1. The zero-order valence-electron chi connectivity index (χ0n) is 10.1. The summed E-state index contributed by atoms with van der Waals surface area (Å²) in [6.45, 7) is 0.421. The van der Waals surface area contributed by atoms with Crippen molar-refractivity contribution >= 4 is 5.97 Å². The number of hydrogen-bond donors (Lipinski definition) is 0. The number of pyridine rings is 1. The van der Waals surface area contributed by atoms with Gasteiger partial charge in [0, 0.05) is 11.9 Å². The first-order valence-electron chi connectivity index (χ1n) is 5.98. The van der Waals surface area contributed by atoms with Gasteiger partial charge in [0.2, 0.25) is 0 Å². The number of benzene rings is 1. The van der Waals surface area contributed by atoms with Crippen molar-refractivity contribution in [3.63, 3.8) is 0 Å². The molecule has 0 aliphatic carbocycles. The summed E-state index contributed by atoms with van der Waals surface area (Å²) in [6.07, 6.45) is 3.38. The fraction of sp³-hybridized carbons (Fsp3) is 0.200. The Balaban J connectivity index is 1.72. The third-order valence-electron chi connectivity index (χ3n) is 2.55. The molecule has 92 valence electrons. The predicted molar refractivity (Wildman–Crippen MR) is 69.3 cm³/mol. The molecule has 0 aliphatic rings. The van der Waals surface area contributed by atoms with Gasteiger partial charge in [-0.1, -0.05) is 24.3 Å². The maximum Gasteiger partial charge on any atom is 0.338 e. The molecule has 0 N–H and O–H groups in total. The van der Waals surface area contributed by atoms with Gasteiger partial charge < -0.3 is 4.74 Å². The second-order valence-corrected chi connectivity index (χ2v) is 3.93. The number of carbonyl (C=O) groups excluding carboxylic acids is 1. The third-order valence-corrected chi connectivity index (χ3v) is 2.55. The van der Waals surface area contributed by atoms with Crippen LogP contribution < -0.4 is 0 Å². The summed E-state index contributed by atoms with van der Waals surface area (Å²) in [7, 11) is 0. The number of aromatic nitrogens is 1. The van der Waals surface area contributed by atoms with E-state index in [1.165, 1.54) is 0 Å². The summed E-state index contributed by atoms with van der Waals surface area (Å²) in [5.41, 5.74) is 1.61. The van der Waals surface area contributed by atoms with Crippen LogP contribution in [0.2, 0.25) is 0 Å². The van der Waals surface area contributed by atoms with Crippen LogP contribution in [0, 0.1) is 0 Å². The number of ether oxygens (including phenoxy) is 1. The predicted octanol–water partition coefficient (Wildman–Crippen LogP) is 2.87. The second kappa shape index (κ2) is 6.55. The Labute approximate surface area is 106 Å². The Kier molecular flexibility index (Phi) is 4.47. The highest BCUT2D eigenvalue weighted by Crippen LogP contribution is 2.03. The minimum atomic E-state index is -0.267. The first-order chi connectivity index (χ1) is 8.86. The molecule has 1 aromatic heterocycles. The van der Waals surface area contributed by atoms with Gasteiger partial charge in [0.25, 0.3) is 0 Å². The Morgan fingerprint density at radius 2 is 1.83 bits per heavy atom. The number of hydrogen-bond acceptors (Lipinski definition) is 3. The molecule has 0 aliphatic heterocycles. The van der Waals surface area contributed by atoms with Crippen LogP contribution in [0.15, 0.2) is 54.7 Å². The lowest BCUT2D eigenvalue weighted by Gasteiger charge is -2.04. The van der Waals surface area contributed by atoms with Gasteiger partial charge in [-0.05, 0) is 37.1 Å². The van der Waals surface area contributed by atoms with E-state index in [-0.39, 0.29) is 5.97 Å². The van der Waals surface area contributed by atoms with E-state index < -0.39 is 0 Å². The molecule has 1 heterocycles. The van der Waals surface area contributed by atoms with Crippen molar-refractivity contribution in [1.29, 1.82) is 0 Å². The summed E-state index contributed by atoms with van der Waals surface area (Å²) in [5.74, 6) is -0.267. The SMILES string of the molecule is O=C(OCCCc1ccccn1)c1ccccc1. The fourth-order valence-corrected chi connectivity index (χ4v) is 1.62. The van der Waals surface area contributed by atoms with Gasteiger partial charge in [-0.15, -0.1) is 0 Å².